The lowest BCUT2D eigenvalue weighted by atomic mass is 10.1. The first-order chi connectivity index (χ1) is 14.5. The zero-order valence-electron chi connectivity index (χ0n) is 17.6. The number of nitrogens with one attached hydrogen (secondary N) is 1. The maximum absolute atomic E-state index is 13.2. The molecule has 8 nitrogen and oxygen atoms in total. The van der Waals surface area contributed by atoms with Crippen LogP contribution in [0.15, 0.2) is 30.5 Å². The summed E-state index contributed by atoms with van der Waals surface area (Å²) >= 11 is 0. The summed E-state index contributed by atoms with van der Waals surface area (Å²) < 4.78 is 5.48. The Labute approximate surface area is 176 Å². The number of pyridine rings is 1. The molecule has 1 N–H and O–H groups in total. The van der Waals surface area contributed by atoms with Crippen molar-refractivity contribution < 1.29 is 14.3 Å². The molecule has 2 aliphatic heterocycles. The van der Waals surface area contributed by atoms with E-state index in [1.165, 1.54) is 0 Å². The molecule has 8 heteroatoms. The minimum atomic E-state index is -0.132. The van der Waals surface area contributed by atoms with Gasteiger partial charge in [0.15, 0.2) is 0 Å². The Morgan fingerprint density at radius 1 is 1.10 bits per heavy atom. The lowest BCUT2D eigenvalue weighted by Crippen LogP contribution is -2.49. The number of hydrogen-bond acceptors (Lipinski definition) is 5. The molecule has 1 aromatic carbocycles. The SMILES string of the molecule is COc1cc(N2CCNC2=O)ccc1C(=O)N1CCN(c2ncc(C)cc2C)CC1. The summed E-state index contributed by atoms with van der Waals surface area (Å²) in [5, 5.41) is 2.78. The highest BCUT2D eigenvalue weighted by Gasteiger charge is 2.27. The molecule has 2 saturated heterocycles. The molecule has 0 saturated carbocycles. The molecule has 0 spiro atoms. The number of ether oxygens (including phenoxy) is 1. The van der Waals surface area contributed by atoms with Crippen molar-refractivity contribution in [3.8, 4) is 5.75 Å². The van der Waals surface area contributed by atoms with Crippen LogP contribution in [0.3, 0.4) is 0 Å². The molecule has 0 unspecified atom stereocenters. The van der Waals surface area contributed by atoms with Gasteiger partial charge in [0.1, 0.15) is 11.6 Å². The van der Waals surface area contributed by atoms with E-state index in [1.807, 2.05) is 18.0 Å². The molecule has 0 atom stereocenters. The van der Waals surface area contributed by atoms with Crippen molar-refractivity contribution in [3.63, 3.8) is 0 Å². The van der Waals surface area contributed by atoms with Gasteiger partial charge < -0.3 is 19.9 Å². The zero-order valence-corrected chi connectivity index (χ0v) is 17.6. The number of benzene rings is 1. The number of methoxy groups -OCH3 is 1. The van der Waals surface area contributed by atoms with E-state index < -0.39 is 0 Å². The number of piperazine rings is 1. The molecule has 0 radical (unpaired) electrons. The second-order valence-electron chi connectivity index (χ2n) is 7.70. The molecule has 0 bridgehead atoms. The van der Waals surface area contributed by atoms with Crippen LogP contribution in [-0.4, -0.2) is 68.2 Å². The summed E-state index contributed by atoms with van der Waals surface area (Å²) in [5.41, 5.74) is 3.54. The van der Waals surface area contributed by atoms with Gasteiger partial charge >= 0.3 is 6.03 Å². The second kappa shape index (κ2) is 8.22. The van der Waals surface area contributed by atoms with Gasteiger partial charge in [0, 0.05) is 57.2 Å². The minimum absolute atomic E-state index is 0.0579. The van der Waals surface area contributed by atoms with Crippen LogP contribution in [0.5, 0.6) is 5.75 Å². The summed E-state index contributed by atoms with van der Waals surface area (Å²) in [5.74, 6) is 1.41. The van der Waals surface area contributed by atoms with Gasteiger partial charge in [-0.3, -0.25) is 9.69 Å². The fourth-order valence-corrected chi connectivity index (χ4v) is 4.07. The third kappa shape index (κ3) is 3.77. The summed E-state index contributed by atoms with van der Waals surface area (Å²) in [7, 11) is 1.55. The highest BCUT2D eigenvalue weighted by Crippen LogP contribution is 2.28. The topological polar surface area (TPSA) is 78.0 Å². The minimum Gasteiger partial charge on any atom is -0.496 e. The summed E-state index contributed by atoms with van der Waals surface area (Å²) in [4.78, 5) is 35.4. The molecule has 30 heavy (non-hydrogen) atoms. The zero-order chi connectivity index (χ0) is 21.3. The number of urea groups is 1. The molecule has 2 aromatic rings. The maximum atomic E-state index is 13.2. The Morgan fingerprint density at radius 3 is 2.50 bits per heavy atom. The third-order valence-electron chi connectivity index (χ3n) is 5.64. The molecular formula is C22H27N5O3. The first-order valence-corrected chi connectivity index (χ1v) is 10.2. The number of nitrogens with zero attached hydrogens (tertiary/aromatic N) is 4. The Balaban J connectivity index is 1.46. The molecule has 158 valence electrons. The summed E-state index contributed by atoms with van der Waals surface area (Å²) in [6, 6.07) is 7.31. The van der Waals surface area contributed by atoms with Gasteiger partial charge in [-0.1, -0.05) is 6.07 Å². The first kappa shape index (κ1) is 20.0. The Kier molecular flexibility index (Phi) is 5.48. The number of carbonyl (C=O) groups excluding carboxylic acids is 2. The van der Waals surface area contributed by atoms with Gasteiger partial charge in [0.05, 0.1) is 12.7 Å². The molecular weight excluding hydrogens is 382 g/mol. The highest BCUT2D eigenvalue weighted by molar-refractivity contribution is 5.99. The maximum Gasteiger partial charge on any atom is 0.321 e. The Morgan fingerprint density at radius 2 is 1.87 bits per heavy atom. The Hall–Kier alpha value is -3.29. The third-order valence-corrected chi connectivity index (χ3v) is 5.64. The van der Waals surface area contributed by atoms with E-state index >= 15 is 0 Å². The average Bonchev–Trinajstić information content (AvgIpc) is 3.19. The van der Waals surface area contributed by atoms with Gasteiger partial charge in [-0.25, -0.2) is 9.78 Å². The van der Waals surface area contributed by atoms with Crippen molar-refractivity contribution >= 4 is 23.4 Å². The molecule has 2 fully saturated rings. The number of anilines is 2. The van der Waals surface area contributed by atoms with E-state index in [0.29, 0.717) is 37.5 Å². The van der Waals surface area contributed by atoms with E-state index in [1.54, 1.807) is 30.2 Å². The van der Waals surface area contributed by atoms with Crippen LogP contribution < -0.4 is 19.9 Å². The van der Waals surface area contributed by atoms with Crippen LogP contribution in [0.2, 0.25) is 0 Å². The molecule has 1 aromatic heterocycles. The number of aryl methyl sites for hydroxylation is 2. The van der Waals surface area contributed by atoms with Crippen LogP contribution in [-0.2, 0) is 0 Å². The predicted molar refractivity (Wildman–Crippen MR) is 116 cm³/mol. The van der Waals surface area contributed by atoms with Crippen molar-refractivity contribution in [3.05, 3.63) is 47.2 Å². The van der Waals surface area contributed by atoms with Crippen LogP contribution in [0.4, 0.5) is 16.3 Å². The smallest absolute Gasteiger partial charge is 0.321 e. The largest absolute Gasteiger partial charge is 0.496 e. The van der Waals surface area contributed by atoms with Crippen LogP contribution >= 0.6 is 0 Å². The lowest BCUT2D eigenvalue weighted by molar-refractivity contribution is 0.0743. The second-order valence-corrected chi connectivity index (χ2v) is 7.70. The lowest BCUT2D eigenvalue weighted by Gasteiger charge is -2.36. The van der Waals surface area contributed by atoms with E-state index in [2.05, 4.69) is 28.2 Å². The van der Waals surface area contributed by atoms with Crippen molar-refractivity contribution in [2.45, 2.75) is 13.8 Å². The summed E-state index contributed by atoms with van der Waals surface area (Å²) in [6.07, 6.45) is 1.88. The van der Waals surface area contributed by atoms with Crippen molar-refractivity contribution in [1.29, 1.82) is 0 Å². The molecule has 0 aliphatic carbocycles. The normalized spacial score (nSPS) is 16.6. The fourth-order valence-electron chi connectivity index (χ4n) is 4.07. The molecule has 3 amide bonds. The fraction of sp³-hybridized carbons (Fsp3) is 0.409. The number of hydrogen-bond donors (Lipinski definition) is 1. The van der Waals surface area contributed by atoms with E-state index in [4.69, 9.17) is 4.74 Å². The Bertz CT molecular complexity index is 969. The molecule has 4 rings (SSSR count). The van der Waals surface area contributed by atoms with Crippen molar-refractivity contribution in [2.24, 2.45) is 0 Å². The standard InChI is InChI=1S/C22H27N5O3/c1-15-12-16(2)20(24-14-15)25-8-10-26(11-9-25)21(28)18-5-4-17(13-19(18)30-3)27-7-6-23-22(27)29/h4-5,12-14H,6-11H2,1-3H3,(H,23,29). The van der Waals surface area contributed by atoms with Gasteiger partial charge in [-0.05, 0) is 37.1 Å². The van der Waals surface area contributed by atoms with Crippen LogP contribution in [0.25, 0.3) is 0 Å². The highest BCUT2D eigenvalue weighted by atomic mass is 16.5. The number of rotatable bonds is 4. The summed E-state index contributed by atoms with van der Waals surface area (Å²) in [6.45, 7) is 8.02. The van der Waals surface area contributed by atoms with Crippen molar-refractivity contribution in [2.75, 3.05) is 56.2 Å². The van der Waals surface area contributed by atoms with Crippen LogP contribution in [0.1, 0.15) is 21.5 Å². The number of aromatic nitrogens is 1. The van der Waals surface area contributed by atoms with E-state index in [-0.39, 0.29) is 11.9 Å². The van der Waals surface area contributed by atoms with Gasteiger partial charge in [-0.2, -0.15) is 0 Å². The predicted octanol–water partition coefficient (Wildman–Crippen LogP) is 2.20. The molecule has 2 aliphatic rings. The van der Waals surface area contributed by atoms with Crippen molar-refractivity contribution in [1.82, 2.24) is 15.2 Å². The van der Waals surface area contributed by atoms with Gasteiger partial charge in [-0.15, -0.1) is 0 Å². The first-order valence-electron chi connectivity index (χ1n) is 10.2. The van der Waals surface area contributed by atoms with Crippen LogP contribution in [0, 0.1) is 13.8 Å². The van der Waals surface area contributed by atoms with Gasteiger partial charge in [0.2, 0.25) is 0 Å². The average molecular weight is 409 g/mol. The number of carbonyl (C=O) groups is 2. The number of amides is 3. The quantitative estimate of drug-likeness (QED) is 0.838. The van der Waals surface area contributed by atoms with E-state index in [0.717, 1.165) is 35.7 Å². The molecule has 3 heterocycles. The monoisotopic (exact) mass is 409 g/mol. The van der Waals surface area contributed by atoms with Gasteiger partial charge in [0.25, 0.3) is 5.91 Å². The van der Waals surface area contributed by atoms with E-state index in [9.17, 15) is 9.59 Å².